The van der Waals surface area contributed by atoms with E-state index >= 15 is 0 Å². The predicted molar refractivity (Wildman–Crippen MR) is 77.8 cm³/mol. The van der Waals surface area contributed by atoms with Crippen LogP contribution < -0.4 is 5.73 Å². The second kappa shape index (κ2) is 5.73. The third kappa shape index (κ3) is 2.64. The molecular weight excluding hydrogens is 254 g/mol. The maximum Gasteiger partial charge on any atom is 0.272 e. The molecule has 0 aliphatic rings. The second-order valence-corrected chi connectivity index (χ2v) is 4.52. The standard InChI is InChI=1S/C14H19N5O/c1-4-18(5-2)14(20)12-8-11(6-7-16-12)19-9-10(3)13(15)17-19/h6-9H,4-5H2,1-3H3,(H2,15,17). The number of hydrogen-bond acceptors (Lipinski definition) is 4. The van der Waals surface area contributed by atoms with Crippen molar-refractivity contribution in [3.8, 4) is 5.69 Å². The molecule has 0 radical (unpaired) electrons. The van der Waals surface area contributed by atoms with Gasteiger partial charge < -0.3 is 10.6 Å². The zero-order chi connectivity index (χ0) is 14.7. The Morgan fingerprint density at radius 2 is 2.10 bits per heavy atom. The van der Waals surface area contributed by atoms with Crippen LogP contribution in [0.3, 0.4) is 0 Å². The van der Waals surface area contributed by atoms with Crippen LogP contribution in [0.25, 0.3) is 5.69 Å². The molecule has 0 aromatic carbocycles. The van der Waals surface area contributed by atoms with E-state index in [4.69, 9.17) is 5.73 Å². The SMILES string of the molecule is CCN(CC)C(=O)c1cc(-n2cc(C)c(N)n2)ccn1. The molecule has 0 spiro atoms. The summed E-state index contributed by atoms with van der Waals surface area (Å²) in [6.07, 6.45) is 3.44. The molecule has 0 saturated carbocycles. The van der Waals surface area contributed by atoms with E-state index in [1.54, 1.807) is 27.9 Å². The van der Waals surface area contributed by atoms with Crippen LogP contribution in [0.15, 0.2) is 24.5 Å². The first-order valence-corrected chi connectivity index (χ1v) is 6.64. The van der Waals surface area contributed by atoms with Crippen LogP contribution in [-0.2, 0) is 0 Å². The Bertz CT molecular complexity index is 596. The molecule has 2 aromatic heterocycles. The highest BCUT2D eigenvalue weighted by molar-refractivity contribution is 5.92. The molecule has 0 unspecified atom stereocenters. The Labute approximate surface area is 118 Å². The minimum absolute atomic E-state index is 0.0753. The maximum atomic E-state index is 12.3. The first-order valence-electron chi connectivity index (χ1n) is 6.64. The molecule has 2 N–H and O–H groups in total. The van der Waals surface area contributed by atoms with Crippen molar-refractivity contribution >= 4 is 11.7 Å². The summed E-state index contributed by atoms with van der Waals surface area (Å²) in [7, 11) is 0. The molecule has 2 rings (SSSR count). The molecule has 106 valence electrons. The highest BCUT2D eigenvalue weighted by Crippen LogP contribution is 2.14. The van der Waals surface area contributed by atoms with E-state index in [0.717, 1.165) is 11.3 Å². The van der Waals surface area contributed by atoms with Crippen LogP contribution in [0.4, 0.5) is 5.82 Å². The Morgan fingerprint density at radius 1 is 1.40 bits per heavy atom. The van der Waals surface area contributed by atoms with Crippen molar-refractivity contribution in [3.63, 3.8) is 0 Å². The van der Waals surface area contributed by atoms with Crippen LogP contribution in [0.1, 0.15) is 29.9 Å². The fourth-order valence-corrected chi connectivity index (χ4v) is 1.96. The first kappa shape index (κ1) is 14.0. The number of nitrogen functional groups attached to an aromatic ring is 1. The molecule has 6 nitrogen and oxygen atoms in total. The van der Waals surface area contributed by atoms with Gasteiger partial charge in [0.05, 0.1) is 5.69 Å². The molecule has 1 amide bonds. The van der Waals surface area contributed by atoms with E-state index in [1.807, 2.05) is 27.0 Å². The quantitative estimate of drug-likeness (QED) is 0.918. The van der Waals surface area contributed by atoms with E-state index in [1.165, 1.54) is 0 Å². The third-order valence-electron chi connectivity index (χ3n) is 3.21. The number of aryl methyl sites for hydroxylation is 1. The number of aromatic nitrogens is 3. The van der Waals surface area contributed by atoms with Gasteiger partial charge in [0.1, 0.15) is 11.5 Å². The normalized spacial score (nSPS) is 10.6. The molecule has 0 aliphatic carbocycles. The lowest BCUT2D eigenvalue weighted by molar-refractivity contribution is 0.0767. The Morgan fingerprint density at radius 3 is 2.65 bits per heavy atom. The number of nitrogens with two attached hydrogens (primary N) is 1. The van der Waals surface area contributed by atoms with Crippen molar-refractivity contribution in [2.24, 2.45) is 0 Å². The summed E-state index contributed by atoms with van der Waals surface area (Å²) in [5, 5.41) is 4.21. The van der Waals surface area contributed by atoms with Gasteiger partial charge in [0.15, 0.2) is 0 Å². The molecule has 20 heavy (non-hydrogen) atoms. The van der Waals surface area contributed by atoms with Crippen molar-refractivity contribution in [3.05, 3.63) is 35.8 Å². The van der Waals surface area contributed by atoms with Crippen LogP contribution in [0.2, 0.25) is 0 Å². The fourth-order valence-electron chi connectivity index (χ4n) is 1.96. The molecular formula is C14H19N5O. The number of carbonyl (C=O) groups is 1. The zero-order valence-electron chi connectivity index (χ0n) is 12.0. The van der Waals surface area contributed by atoms with Crippen LogP contribution in [0.5, 0.6) is 0 Å². The number of pyridine rings is 1. The van der Waals surface area contributed by atoms with Gasteiger partial charge in [0.25, 0.3) is 5.91 Å². The third-order valence-corrected chi connectivity index (χ3v) is 3.21. The zero-order valence-corrected chi connectivity index (χ0v) is 12.0. The highest BCUT2D eigenvalue weighted by Gasteiger charge is 2.15. The summed E-state index contributed by atoms with van der Waals surface area (Å²) >= 11 is 0. The summed E-state index contributed by atoms with van der Waals surface area (Å²) in [6, 6.07) is 3.53. The fraction of sp³-hybridized carbons (Fsp3) is 0.357. The van der Waals surface area contributed by atoms with Gasteiger partial charge in [-0.25, -0.2) is 4.68 Å². The highest BCUT2D eigenvalue weighted by atomic mass is 16.2. The van der Waals surface area contributed by atoms with Gasteiger partial charge in [0, 0.05) is 31.0 Å². The Balaban J connectivity index is 2.35. The van der Waals surface area contributed by atoms with Crippen molar-refractivity contribution < 1.29 is 4.79 Å². The number of rotatable bonds is 4. The van der Waals surface area contributed by atoms with Gasteiger partial charge in [-0.1, -0.05) is 0 Å². The number of amides is 1. The van der Waals surface area contributed by atoms with Crippen LogP contribution in [-0.4, -0.2) is 38.7 Å². The number of nitrogens with zero attached hydrogens (tertiary/aromatic N) is 4. The molecule has 0 fully saturated rings. The van der Waals surface area contributed by atoms with Gasteiger partial charge in [-0.2, -0.15) is 5.10 Å². The average Bonchev–Trinajstić information content (AvgIpc) is 2.80. The van der Waals surface area contributed by atoms with Gasteiger partial charge in [0.2, 0.25) is 0 Å². The van der Waals surface area contributed by atoms with Gasteiger partial charge in [-0.05, 0) is 32.9 Å². The van der Waals surface area contributed by atoms with Gasteiger partial charge >= 0.3 is 0 Å². The lowest BCUT2D eigenvalue weighted by Gasteiger charge is -2.18. The van der Waals surface area contributed by atoms with Crippen molar-refractivity contribution in [1.82, 2.24) is 19.7 Å². The summed E-state index contributed by atoms with van der Waals surface area (Å²) in [6.45, 7) is 7.11. The first-order chi connectivity index (χ1) is 9.56. The summed E-state index contributed by atoms with van der Waals surface area (Å²) in [5.74, 6) is 0.409. The Kier molecular flexibility index (Phi) is 4.02. The largest absolute Gasteiger partial charge is 0.382 e. The molecule has 0 saturated heterocycles. The van der Waals surface area contributed by atoms with E-state index < -0.39 is 0 Å². The lowest BCUT2D eigenvalue weighted by atomic mass is 10.2. The molecule has 0 bridgehead atoms. The minimum Gasteiger partial charge on any atom is -0.382 e. The molecule has 0 atom stereocenters. The maximum absolute atomic E-state index is 12.3. The molecule has 6 heteroatoms. The summed E-state index contributed by atoms with van der Waals surface area (Å²) < 4.78 is 1.66. The van der Waals surface area contributed by atoms with Crippen molar-refractivity contribution in [2.45, 2.75) is 20.8 Å². The number of anilines is 1. The van der Waals surface area contributed by atoms with E-state index in [2.05, 4.69) is 10.1 Å². The number of carbonyl (C=O) groups excluding carboxylic acids is 1. The monoisotopic (exact) mass is 273 g/mol. The molecule has 0 aliphatic heterocycles. The van der Waals surface area contributed by atoms with Crippen LogP contribution >= 0.6 is 0 Å². The van der Waals surface area contributed by atoms with Gasteiger partial charge in [-0.15, -0.1) is 0 Å². The topological polar surface area (TPSA) is 77.0 Å². The average molecular weight is 273 g/mol. The van der Waals surface area contributed by atoms with E-state index in [0.29, 0.717) is 24.6 Å². The molecule has 2 heterocycles. The Hall–Kier alpha value is -2.37. The van der Waals surface area contributed by atoms with E-state index in [9.17, 15) is 4.79 Å². The van der Waals surface area contributed by atoms with Crippen molar-refractivity contribution in [1.29, 1.82) is 0 Å². The van der Waals surface area contributed by atoms with Crippen LogP contribution in [0, 0.1) is 6.92 Å². The number of hydrogen-bond donors (Lipinski definition) is 1. The summed E-state index contributed by atoms with van der Waals surface area (Å²) in [4.78, 5) is 18.1. The second-order valence-electron chi connectivity index (χ2n) is 4.52. The lowest BCUT2D eigenvalue weighted by Crippen LogP contribution is -2.31. The van der Waals surface area contributed by atoms with Gasteiger partial charge in [-0.3, -0.25) is 9.78 Å². The molecule has 2 aromatic rings. The van der Waals surface area contributed by atoms with Crippen molar-refractivity contribution in [2.75, 3.05) is 18.8 Å². The smallest absolute Gasteiger partial charge is 0.272 e. The summed E-state index contributed by atoms with van der Waals surface area (Å²) in [5.41, 5.74) is 7.83. The predicted octanol–water partition coefficient (Wildman–Crippen LogP) is 1.64. The van der Waals surface area contributed by atoms with E-state index in [-0.39, 0.29) is 5.91 Å². The minimum atomic E-state index is -0.0753.